The van der Waals surface area contributed by atoms with E-state index < -0.39 is 0 Å². The van der Waals surface area contributed by atoms with Gasteiger partial charge in [0.2, 0.25) is 0 Å². The van der Waals surface area contributed by atoms with Crippen LogP contribution < -0.4 is 10.1 Å². The number of hydrogen-bond donors (Lipinski definition) is 1. The highest BCUT2D eigenvalue weighted by Gasteiger charge is 2.14. The van der Waals surface area contributed by atoms with Gasteiger partial charge in [-0.3, -0.25) is 0 Å². The molecule has 0 bridgehead atoms. The first kappa shape index (κ1) is 13.4. The molecule has 2 aromatic carbocycles. The van der Waals surface area contributed by atoms with Crippen molar-refractivity contribution < 1.29 is 4.74 Å². The van der Waals surface area contributed by atoms with Gasteiger partial charge in [-0.05, 0) is 60.2 Å². The molecule has 1 aliphatic rings. The number of rotatable bonds is 5. The van der Waals surface area contributed by atoms with E-state index in [4.69, 9.17) is 4.74 Å². The fraction of sp³-hybridized carbons (Fsp3) is 0.294. The summed E-state index contributed by atoms with van der Waals surface area (Å²) in [5.41, 5.74) is 1.17. The van der Waals surface area contributed by atoms with Crippen LogP contribution in [0.2, 0.25) is 0 Å². The highest BCUT2D eigenvalue weighted by Crippen LogP contribution is 2.25. The number of anilines is 1. The molecule has 0 amide bonds. The van der Waals surface area contributed by atoms with Gasteiger partial charge in [0.1, 0.15) is 11.5 Å². The molecule has 1 N–H and O–H groups in total. The van der Waals surface area contributed by atoms with Crippen LogP contribution in [0.5, 0.6) is 11.5 Å². The van der Waals surface area contributed by atoms with Crippen molar-refractivity contribution in [1.82, 2.24) is 0 Å². The minimum atomic E-state index is 0.820. The second-order valence-electron chi connectivity index (χ2n) is 5.05. The highest BCUT2D eigenvalue weighted by atomic mass is 32.2. The number of hydrogen-bond acceptors (Lipinski definition) is 3. The van der Waals surface area contributed by atoms with E-state index >= 15 is 0 Å². The van der Waals surface area contributed by atoms with Crippen LogP contribution in [0.25, 0.3) is 0 Å². The van der Waals surface area contributed by atoms with E-state index in [0.717, 1.165) is 24.0 Å². The summed E-state index contributed by atoms with van der Waals surface area (Å²) in [6, 6.07) is 18.1. The summed E-state index contributed by atoms with van der Waals surface area (Å²) in [7, 11) is 0. The summed E-state index contributed by atoms with van der Waals surface area (Å²) in [6.45, 7) is 1.08. The molecule has 3 rings (SSSR count). The Labute approximate surface area is 124 Å². The molecule has 0 aromatic heterocycles. The van der Waals surface area contributed by atoms with Crippen molar-refractivity contribution in [2.24, 2.45) is 5.92 Å². The van der Waals surface area contributed by atoms with E-state index in [-0.39, 0.29) is 0 Å². The van der Waals surface area contributed by atoms with E-state index in [1.165, 1.54) is 23.6 Å². The number of para-hydroxylation sites is 1. The van der Waals surface area contributed by atoms with E-state index in [9.17, 15) is 0 Å². The smallest absolute Gasteiger partial charge is 0.127 e. The molecule has 1 heterocycles. The number of thioether (sulfide) groups is 1. The summed E-state index contributed by atoms with van der Waals surface area (Å²) in [6.07, 6.45) is 1.34. The van der Waals surface area contributed by atoms with Gasteiger partial charge in [-0.2, -0.15) is 11.8 Å². The van der Waals surface area contributed by atoms with Crippen LogP contribution in [0.1, 0.15) is 6.42 Å². The monoisotopic (exact) mass is 285 g/mol. The zero-order valence-electron chi connectivity index (χ0n) is 11.4. The third-order valence-corrected chi connectivity index (χ3v) is 4.68. The van der Waals surface area contributed by atoms with Crippen LogP contribution in [-0.2, 0) is 0 Å². The van der Waals surface area contributed by atoms with Crippen LogP contribution in [0.4, 0.5) is 5.69 Å². The zero-order chi connectivity index (χ0) is 13.6. The summed E-state index contributed by atoms with van der Waals surface area (Å²) in [5.74, 6) is 5.17. The third-order valence-electron chi connectivity index (χ3n) is 3.45. The minimum absolute atomic E-state index is 0.820. The predicted molar refractivity (Wildman–Crippen MR) is 86.9 cm³/mol. The highest BCUT2D eigenvalue weighted by molar-refractivity contribution is 7.99. The SMILES string of the molecule is c1ccc(Oc2ccc(NCC3CCSC3)cc2)cc1. The van der Waals surface area contributed by atoms with E-state index in [2.05, 4.69) is 29.2 Å². The molecule has 1 saturated heterocycles. The molecule has 1 fully saturated rings. The maximum atomic E-state index is 5.78. The molecule has 0 spiro atoms. The Morgan fingerprint density at radius 1 is 1.00 bits per heavy atom. The predicted octanol–water partition coefficient (Wildman–Crippen LogP) is 4.64. The molecular formula is C17H19NOS. The summed E-state index contributed by atoms with van der Waals surface area (Å²) >= 11 is 2.06. The second-order valence-corrected chi connectivity index (χ2v) is 6.20. The van der Waals surface area contributed by atoms with Gasteiger partial charge in [-0.25, -0.2) is 0 Å². The average molecular weight is 285 g/mol. The Morgan fingerprint density at radius 2 is 1.75 bits per heavy atom. The quantitative estimate of drug-likeness (QED) is 0.864. The second kappa shape index (κ2) is 6.71. The van der Waals surface area contributed by atoms with Gasteiger partial charge in [0, 0.05) is 12.2 Å². The standard InChI is InChI=1S/C17H19NOS/c1-2-4-16(5-3-1)19-17-8-6-15(7-9-17)18-12-14-10-11-20-13-14/h1-9,14,18H,10-13H2. The van der Waals surface area contributed by atoms with Crippen LogP contribution in [0.15, 0.2) is 54.6 Å². The van der Waals surface area contributed by atoms with Crippen molar-refractivity contribution in [3.8, 4) is 11.5 Å². The van der Waals surface area contributed by atoms with Crippen LogP contribution in [0, 0.1) is 5.92 Å². The Kier molecular flexibility index (Phi) is 4.49. The van der Waals surface area contributed by atoms with E-state index in [1.807, 2.05) is 42.5 Å². The molecule has 0 aliphatic carbocycles. The molecule has 104 valence electrons. The zero-order valence-corrected chi connectivity index (χ0v) is 12.2. The molecule has 0 saturated carbocycles. The molecule has 20 heavy (non-hydrogen) atoms. The minimum Gasteiger partial charge on any atom is -0.457 e. The number of nitrogens with one attached hydrogen (secondary N) is 1. The van der Waals surface area contributed by atoms with Gasteiger partial charge in [0.25, 0.3) is 0 Å². The summed E-state index contributed by atoms with van der Waals surface area (Å²) in [4.78, 5) is 0. The normalized spacial score (nSPS) is 17.9. The van der Waals surface area contributed by atoms with E-state index in [1.54, 1.807) is 0 Å². The van der Waals surface area contributed by atoms with Gasteiger partial charge in [0.05, 0.1) is 0 Å². The Morgan fingerprint density at radius 3 is 2.45 bits per heavy atom. The first-order valence-electron chi connectivity index (χ1n) is 7.05. The molecule has 1 unspecified atom stereocenters. The summed E-state index contributed by atoms with van der Waals surface area (Å²) < 4.78 is 5.78. The van der Waals surface area contributed by atoms with Crippen molar-refractivity contribution >= 4 is 17.4 Å². The van der Waals surface area contributed by atoms with Gasteiger partial charge in [0.15, 0.2) is 0 Å². The van der Waals surface area contributed by atoms with Crippen LogP contribution in [0.3, 0.4) is 0 Å². The number of benzene rings is 2. The molecular weight excluding hydrogens is 266 g/mol. The van der Waals surface area contributed by atoms with Gasteiger partial charge >= 0.3 is 0 Å². The molecule has 1 aliphatic heterocycles. The fourth-order valence-corrected chi connectivity index (χ4v) is 3.56. The lowest BCUT2D eigenvalue weighted by molar-refractivity contribution is 0.483. The van der Waals surface area contributed by atoms with Crippen molar-refractivity contribution in [2.75, 3.05) is 23.4 Å². The van der Waals surface area contributed by atoms with Crippen molar-refractivity contribution in [3.63, 3.8) is 0 Å². The topological polar surface area (TPSA) is 21.3 Å². The van der Waals surface area contributed by atoms with Crippen LogP contribution in [-0.4, -0.2) is 18.1 Å². The molecule has 1 atom stereocenters. The fourth-order valence-electron chi connectivity index (χ4n) is 2.27. The Balaban J connectivity index is 1.54. The van der Waals surface area contributed by atoms with Gasteiger partial charge in [-0.15, -0.1) is 0 Å². The summed E-state index contributed by atoms with van der Waals surface area (Å²) in [5, 5.41) is 3.51. The molecule has 2 aromatic rings. The lowest BCUT2D eigenvalue weighted by Crippen LogP contribution is -2.13. The molecule has 3 heteroatoms. The number of ether oxygens (including phenoxy) is 1. The van der Waals surface area contributed by atoms with Crippen molar-refractivity contribution in [2.45, 2.75) is 6.42 Å². The maximum Gasteiger partial charge on any atom is 0.127 e. The molecule has 2 nitrogen and oxygen atoms in total. The van der Waals surface area contributed by atoms with Crippen LogP contribution >= 0.6 is 11.8 Å². The van der Waals surface area contributed by atoms with E-state index in [0.29, 0.717) is 0 Å². The third kappa shape index (κ3) is 3.70. The largest absolute Gasteiger partial charge is 0.457 e. The first-order chi connectivity index (χ1) is 9.90. The molecule has 0 radical (unpaired) electrons. The lowest BCUT2D eigenvalue weighted by atomic mass is 10.1. The first-order valence-corrected chi connectivity index (χ1v) is 8.20. The van der Waals surface area contributed by atoms with Crippen molar-refractivity contribution in [3.05, 3.63) is 54.6 Å². The maximum absolute atomic E-state index is 5.78. The Hall–Kier alpha value is -1.61. The van der Waals surface area contributed by atoms with Crippen molar-refractivity contribution in [1.29, 1.82) is 0 Å². The Bertz CT molecular complexity index is 520. The van der Waals surface area contributed by atoms with Gasteiger partial charge < -0.3 is 10.1 Å². The van der Waals surface area contributed by atoms with Gasteiger partial charge in [-0.1, -0.05) is 18.2 Å². The lowest BCUT2D eigenvalue weighted by Gasteiger charge is -2.12. The average Bonchev–Trinajstić information content (AvgIpc) is 3.01.